The number of carbonyl (C=O) groups excluding carboxylic acids is 2. The van der Waals surface area contributed by atoms with E-state index in [1.54, 1.807) is 36.4 Å². The summed E-state index contributed by atoms with van der Waals surface area (Å²) in [6, 6.07) is 11.4. The Bertz CT molecular complexity index is 851. The van der Waals surface area contributed by atoms with Crippen molar-refractivity contribution in [1.29, 1.82) is 0 Å². The normalized spacial score (nSPS) is 10.1. The van der Waals surface area contributed by atoms with Gasteiger partial charge in [0.05, 0.1) is 4.92 Å². The molecule has 0 radical (unpaired) electrons. The lowest BCUT2D eigenvalue weighted by Gasteiger charge is -2.11. The number of carbonyl (C=O) groups is 2. The maximum Gasteiger partial charge on any atom is 0.292 e. The molecule has 0 heterocycles. The number of nitro groups is 1. The van der Waals surface area contributed by atoms with Crippen LogP contribution in [0.1, 0.15) is 29.3 Å². The van der Waals surface area contributed by atoms with Crippen molar-refractivity contribution in [2.45, 2.75) is 20.3 Å². The predicted octanol–water partition coefficient (Wildman–Crippen LogP) is 3.09. The zero-order valence-corrected chi connectivity index (χ0v) is 15.2. The van der Waals surface area contributed by atoms with E-state index in [0.717, 1.165) is 5.56 Å². The van der Waals surface area contributed by atoms with Crippen LogP contribution in [0.5, 0.6) is 0 Å². The number of amides is 2. The highest BCUT2D eigenvalue weighted by Gasteiger charge is 2.13. The highest BCUT2D eigenvalue weighted by Crippen LogP contribution is 2.23. The van der Waals surface area contributed by atoms with E-state index in [4.69, 9.17) is 0 Å². The van der Waals surface area contributed by atoms with E-state index < -0.39 is 4.92 Å². The molecule has 0 atom stereocenters. The predicted molar refractivity (Wildman–Crippen MR) is 104 cm³/mol. The first kappa shape index (κ1) is 19.9. The molecule has 0 aliphatic heterocycles. The van der Waals surface area contributed by atoms with Crippen LogP contribution >= 0.6 is 0 Å². The van der Waals surface area contributed by atoms with Crippen molar-refractivity contribution in [3.63, 3.8) is 0 Å². The Labute approximate surface area is 157 Å². The molecule has 3 N–H and O–H groups in total. The number of nitrogens with one attached hydrogen (secondary N) is 3. The van der Waals surface area contributed by atoms with Crippen LogP contribution in [-0.4, -0.2) is 29.8 Å². The zero-order valence-electron chi connectivity index (χ0n) is 15.2. The van der Waals surface area contributed by atoms with Gasteiger partial charge in [-0.3, -0.25) is 19.7 Å². The molecule has 8 heteroatoms. The maximum atomic E-state index is 12.2. The van der Waals surface area contributed by atoms with E-state index in [2.05, 4.69) is 16.0 Å². The first-order valence-electron chi connectivity index (χ1n) is 8.58. The highest BCUT2D eigenvalue weighted by molar-refractivity contribution is 5.97. The van der Waals surface area contributed by atoms with E-state index in [-0.39, 0.29) is 30.5 Å². The van der Waals surface area contributed by atoms with Crippen LogP contribution in [0.15, 0.2) is 42.5 Å². The Morgan fingerprint density at radius 3 is 2.56 bits per heavy atom. The van der Waals surface area contributed by atoms with Gasteiger partial charge in [0.1, 0.15) is 5.69 Å². The van der Waals surface area contributed by atoms with Crippen molar-refractivity contribution < 1.29 is 14.5 Å². The second-order valence-corrected chi connectivity index (χ2v) is 5.89. The van der Waals surface area contributed by atoms with Gasteiger partial charge in [-0.25, -0.2) is 0 Å². The first-order chi connectivity index (χ1) is 12.9. The minimum absolute atomic E-state index is 0.0385. The van der Waals surface area contributed by atoms with Crippen LogP contribution in [0.4, 0.5) is 17.1 Å². The quantitative estimate of drug-likeness (QED) is 0.488. The van der Waals surface area contributed by atoms with Gasteiger partial charge < -0.3 is 16.0 Å². The van der Waals surface area contributed by atoms with Crippen molar-refractivity contribution in [3.8, 4) is 0 Å². The molecule has 0 spiro atoms. The van der Waals surface area contributed by atoms with Crippen molar-refractivity contribution in [1.82, 2.24) is 5.32 Å². The lowest BCUT2D eigenvalue weighted by molar-refractivity contribution is -0.384. The number of nitrogens with zero attached hydrogens (tertiary/aromatic N) is 1. The number of hydrogen-bond acceptors (Lipinski definition) is 5. The molecule has 0 unspecified atom stereocenters. The van der Waals surface area contributed by atoms with Crippen molar-refractivity contribution in [2.75, 3.05) is 23.7 Å². The van der Waals surface area contributed by atoms with Crippen molar-refractivity contribution >= 4 is 28.9 Å². The summed E-state index contributed by atoms with van der Waals surface area (Å²) in [4.78, 5) is 34.6. The Kier molecular flexibility index (Phi) is 6.87. The van der Waals surface area contributed by atoms with Gasteiger partial charge in [0.25, 0.3) is 11.6 Å². The summed E-state index contributed by atoms with van der Waals surface area (Å²) in [5.41, 5.74) is 2.20. The van der Waals surface area contributed by atoms with E-state index in [1.165, 1.54) is 6.07 Å². The number of rotatable bonds is 8. The molecule has 0 bridgehead atoms. The van der Waals surface area contributed by atoms with Crippen molar-refractivity contribution in [3.05, 3.63) is 63.7 Å². The molecule has 0 saturated heterocycles. The molecule has 2 aromatic rings. The summed E-state index contributed by atoms with van der Waals surface area (Å²) >= 11 is 0. The van der Waals surface area contributed by atoms with Gasteiger partial charge in [-0.1, -0.05) is 18.2 Å². The zero-order chi connectivity index (χ0) is 19.8. The summed E-state index contributed by atoms with van der Waals surface area (Å²) in [5, 5.41) is 19.4. The molecule has 0 aliphatic rings. The average Bonchev–Trinajstić information content (AvgIpc) is 2.64. The largest absolute Gasteiger partial charge is 0.379 e. The summed E-state index contributed by atoms with van der Waals surface area (Å²) in [6.07, 6.45) is 0.122. The van der Waals surface area contributed by atoms with Gasteiger partial charge in [0, 0.05) is 36.8 Å². The van der Waals surface area contributed by atoms with E-state index in [0.29, 0.717) is 23.5 Å². The lowest BCUT2D eigenvalue weighted by Crippen LogP contribution is -2.23. The number of hydrogen-bond donors (Lipinski definition) is 3. The van der Waals surface area contributed by atoms with Crippen LogP contribution in [0, 0.1) is 17.0 Å². The molecule has 0 fully saturated rings. The van der Waals surface area contributed by atoms with Crippen LogP contribution in [0.25, 0.3) is 0 Å². The SMILES string of the molecule is CCNC(=O)c1ccc(C)c(NC(=O)CCNc2ccccc2[N+](=O)[O-])c1. The van der Waals surface area contributed by atoms with Crippen molar-refractivity contribution in [2.24, 2.45) is 0 Å². The number of nitro benzene ring substituents is 1. The minimum atomic E-state index is -0.474. The molecule has 27 heavy (non-hydrogen) atoms. The van der Waals surface area contributed by atoms with Crippen LogP contribution in [0.3, 0.4) is 0 Å². The maximum absolute atomic E-state index is 12.2. The lowest BCUT2D eigenvalue weighted by atomic mass is 10.1. The smallest absolute Gasteiger partial charge is 0.292 e. The fraction of sp³-hybridized carbons (Fsp3) is 0.263. The highest BCUT2D eigenvalue weighted by atomic mass is 16.6. The molecule has 8 nitrogen and oxygen atoms in total. The van der Waals surface area contributed by atoms with E-state index >= 15 is 0 Å². The third-order valence-electron chi connectivity index (χ3n) is 3.88. The Morgan fingerprint density at radius 1 is 1.11 bits per heavy atom. The molecular formula is C19H22N4O4. The molecule has 0 aliphatic carbocycles. The van der Waals surface area contributed by atoms with Gasteiger partial charge >= 0.3 is 0 Å². The van der Waals surface area contributed by atoms with E-state index in [9.17, 15) is 19.7 Å². The monoisotopic (exact) mass is 370 g/mol. The Morgan fingerprint density at radius 2 is 1.85 bits per heavy atom. The third-order valence-corrected chi connectivity index (χ3v) is 3.88. The van der Waals surface area contributed by atoms with Gasteiger partial charge in [-0.15, -0.1) is 0 Å². The van der Waals surface area contributed by atoms with Crippen LogP contribution in [-0.2, 0) is 4.79 Å². The molecule has 2 aromatic carbocycles. The molecule has 0 aromatic heterocycles. The number of para-hydroxylation sites is 2. The number of anilines is 2. The molecule has 2 amide bonds. The summed E-state index contributed by atoms with van der Waals surface area (Å²) < 4.78 is 0. The standard InChI is InChI=1S/C19H22N4O4/c1-3-20-19(25)14-9-8-13(2)16(12-14)22-18(24)10-11-21-15-6-4-5-7-17(15)23(26)27/h4-9,12,21H,3,10-11H2,1-2H3,(H,20,25)(H,22,24). The molecular weight excluding hydrogens is 348 g/mol. The average molecular weight is 370 g/mol. The second-order valence-electron chi connectivity index (χ2n) is 5.89. The van der Waals surface area contributed by atoms with Gasteiger partial charge in [0.2, 0.25) is 5.91 Å². The van der Waals surface area contributed by atoms with Gasteiger partial charge in [-0.2, -0.15) is 0 Å². The van der Waals surface area contributed by atoms with Gasteiger partial charge in [0.15, 0.2) is 0 Å². The first-order valence-corrected chi connectivity index (χ1v) is 8.58. The third kappa shape index (κ3) is 5.53. The molecule has 0 saturated carbocycles. The topological polar surface area (TPSA) is 113 Å². The van der Waals surface area contributed by atoms with Crippen LogP contribution < -0.4 is 16.0 Å². The fourth-order valence-corrected chi connectivity index (χ4v) is 2.47. The Hall–Kier alpha value is -3.42. The van der Waals surface area contributed by atoms with Gasteiger partial charge in [-0.05, 0) is 37.6 Å². The summed E-state index contributed by atoms with van der Waals surface area (Å²) in [5.74, 6) is -0.455. The van der Waals surface area contributed by atoms with Crippen LogP contribution in [0.2, 0.25) is 0 Å². The molecule has 142 valence electrons. The summed E-state index contributed by atoms with van der Waals surface area (Å²) in [6.45, 7) is 4.43. The number of aryl methyl sites for hydroxylation is 1. The number of benzene rings is 2. The Balaban J connectivity index is 1.95. The second kappa shape index (κ2) is 9.33. The summed E-state index contributed by atoms with van der Waals surface area (Å²) in [7, 11) is 0. The van der Waals surface area contributed by atoms with E-state index in [1.807, 2.05) is 13.8 Å². The molecule has 2 rings (SSSR count). The fourth-order valence-electron chi connectivity index (χ4n) is 2.47. The minimum Gasteiger partial charge on any atom is -0.379 e.